The fraction of sp³-hybridized carbons (Fsp3) is 0.545. The van der Waals surface area contributed by atoms with Crippen molar-refractivity contribution in [3.63, 3.8) is 0 Å². The highest BCUT2D eigenvalue weighted by molar-refractivity contribution is 9.11. The number of nitrogens with one attached hydrogen (secondary N) is 1. The number of rotatable bonds is 5. The van der Waals surface area contributed by atoms with Crippen LogP contribution in [0.15, 0.2) is 14.7 Å². The Kier molecular flexibility index (Phi) is 5.54. The van der Waals surface area contributed by atoms with Crippen LogP contribution in [0, 0.1) is 6.92 Å². The van der Waals surface area contributed by atoms with E-state index in [4.69, 9.17) is 0 Å². The van der Waals surface area contributed by atoms with Crippen LogP contribution in [-0.4, -0.2) is 38.3 Å². The van der Waals surface area contributed by atoms with Gasteiger partial charge in [0.05, 0.1) is 15.2 Å². The Balaban J connectivity index is 2.89. The van der Waals surface area contributed by atoms with Crippen molar-refractivity contribution in [3.8, 4) is 0 Å². The summed E-state index contributed by atoms with van der Waals surface area (Å²) in [4.78, 5) is 12.5. The first kappa shape index (κ1) is 16.6. The Hall–Kier alpha value is -0.440. The first-order valence-corrected chi connectivity index (χ1v) is 8.71. The molecule has 0 radical (unpaired) electrons. The predicted octanol–water partition coefficient (Wildman–Crippen LogP) is 1.96. The third-order valence-electron chi connectivity index (χ3n) is 2.35. The molecule has 0 spiro atoms. The Morgan fingerprint density at radius 3 is 2.53 bits per heavy atom. The van der Waals surface area contributed by atoms with Crippen molar-refractivity contribution in [1.82, 2.24) is 9.62 Å². The van der Waals surface area contributed by atoms with E-state index in [2.05, 4.69) is 21.2 Å². The van der Waals surface area contributed by atoms with Gasteiger partial charge in [-0.15, -0.1) is 11.3 Å². The zero-order valence-corrected chi connectivity index (χ0v) is 14.4. The number of amides is 1. The lowest BCUT2D eigenvalue weighted by atomic mass is 10.4. The van der Waals surface area contributed by atoms with Gasteiger partial charge < -0.3 is 5.32 Å². The summed E-state index contributed by atoms with van der Waals surface area (Å²) in [7, 11) is -2.22. The zero-order valence-electron chi connectivity index (χ0n) is 11.2. The number of carbonyl (C=O) groups is 1. The van der Waals surface area contributed by atoms with Crippen LogP contribution in [0.5, 0.6) is 0 Å². The number of sulfonamides is 1. The standard InChI is InChI=1S/C11H17BrN2O3S2/c1-7(2)13-11(15)6-14(4)19(16,17)9-5-10(12)18-8(9)3/h5,7H,6H2,1-4H3,(H,13,15). The molecule has 108 valence electrons. The van der Waals surface area contributed by atoms with E-state index < -0.39 is 10.0 Å². The van der Waals surface area contributed by atoms with Gasteiger partial charge in [-0.05, 0) is 42.8 Å². The van der Waals surface area contributed by atoms with Gasteiger partial charge in [0.25, 0.3) is 0 Å². The molecule has 0 saturated carbocycles. The van der Waals surface area contributed by atoms with Crippen molar-refractivity contribution in [3.05, 3.63) is 14.7 Å². The van der Waals surface area contributed by atoms with E-state index in [1.54, 1.807) is 13.0 Å². The number of hydrogen-bond donors (Lipinski definition) is 1. The third-order valence-corrected chi connectivity index (χ3v) is 5.96. The van der Waals surface area contributed by atoms with Gasteiger partial charge in [0, 0.05) is 18.0 Å². The summed E-state index contributed by atoms with van der Waals surface area (Å²) in [5.41, 5.74) is 0. The molecule has 1 aromatic heterocycles. The minimum Gasteiger partial charge on any atom is -0.353 e. The van der Waals surface area contributed by atoms with E-state index >= 15 is 0 Å². The van der Waals surface area contributed by atoms with Crippen LogP contribution in [-0.2, 0) is 14.8 Å². The fourth-order valence-electron chi connectivity index (χ4n) is 1.51. The molecule has 5 nitrogen and oxygen atoms in total. The Labute approximate surface area is 126 Å². The van der Waals surface area contributed by atoms with Crippen LogP contribution in [0.2, 0.25) is 0 Å². The molecule has 0 atom stereocenters. The summed E-state index contributed by atoms with van der Waals surface area (Å²) < 4.78 is 26.5. The lowest BCUT2D eigenvalue weighted by molar-refractivity contribution is -0.121. The first-order valence-electron chi connectivity index (χ1n) is 5.66. The number of halogens is 1. The van der Waals surface area contributed by atoms with Gasteiger partial charge in [0.15, 0.2) is 0 Å². The summed E-state index contributed by atoms with van der Waals surface area (Å²) in [5.74, 6) is -0.312. The predicted molar refractivity (Wildman–Crippen MR) is 79.9 cm³/mol. The Morgan fingerprint density at radius 2 is 2.11 bits per heavy atom. The van der Waals surface area contributed by atoms with E-state index in [1.807, 2.05) is 13.8 Å². The van der Waals surface area contributed by atoms with Crippen molar-refractivity contribution in [2.75, 3.05) is 13.6 Å². The van der Waals surface area contributed by atoms with E-state index in [0.717, 1.165) is 8.09 Å². The molecule has 0 aliphatic carbocycles. The van der Waals surface area contributed by atoms with Crippen molar-refractivity contribution < 1.29 is 13.2 Å². The number of thiophene rings is 1. The highest BCUT2D eigenvalue weighted by Gasteiger charge is 2.26. The molecule has 1 heterocycles. The highest BCUT2D eigenvalue weighted by atomic mass is 79.9. The molecule has 1 aromatic rings. The molecule has 1 amide bonds. The van der Waals surface area contributed by atoms with E-state index in [1.165, 1.54) is 18.4 Å². The number of hydrogen-bond acceptors (Lipinski definition) is 4. The van der Waals surface area contributed by atoms with Gasteiger partial charge in [-0.2, -0.15) is 4.31 Å². The second-order valence-corrected chi connectivity index (χ2v) is 9.10. The largest absolute Gasteiger partial charge is 0.353 e. The fourth-order valence-corrected chi connectivity index (χ4v) is 5.02. The first-order chi connectivity index (χ1) is 8.64. The van der Waals surface area contributed by atoms with Crippen LogP contribution in [0.25, 0.3) is 0 Å². The lowest BCUT2D eigenvalue weighted by Gasteiger charge is -2.17. The molecule has 19 heavy (non-hydrogen) atoms. The normalized spacial score (nSPS) is 12.2. The molecule has 0 fully saturated rings. The Bertz CT molecular complexity index is 566. The average molecular weight is 369 g/mol. The minimum absolute atomic E-state index is 0.0133. The summed E-state index contributed by atoms with van der Waals surface area (Å²) >= 11 is 4.62. The molecule has 0 aliphatic rings. The summed E-state index contributed by atoms with van der Waals surface area (Å²) in [6.07, 6.45) is 0. The zero-order chi connectivity index (χ0) is 14.8. The van der Waals surface area contributed by atoms with Crippen LogP contribution in [0.4, 0.5) is 0 Å². The van der Waals surface area contributed by atoms with Crippen molar-refractivity contribution in [2.24, 2.45) is 0 Å². The molecule has 0 aromatic carbocycles. The van der Waals surface area contributed by atoms with Gasteiger partial charge in [-0.25, -0.2) is 8.42 Å². The van der Waals surface area contributed by atoms with Crippen LogP contribution >= 0.6 is 27.3 Å². The topological polar surface area (TPSA) is 66.5 Å². The quantitative estimate of drug-likeness (QED) is 0.863. The second kappa shape index (κ2) is 6.34. The Morgan fingerprint density at radius 1 is 1.53 bits per heavy atom. The van der Waals surface area contributed by atoms with Crippen molar-refractivity contribution >= 4 is 43.2 Å². The maximum absolute atomic E-state index is 12.3. The summed E-state index contributed by atoms with van der Waals surface area (Å²) in [5, 5.41) is 2.67. The second-order valence-electron chi connectivity index (χ2n) is 4.45. The lowest BCUT2D eigenvalue weighted by Crippen LogP contribution is -2.40. The number of nitrogens with zero attached hydrogens (tertiary/aromatic N) is 1. The van der Waals surface area contributed by atoms with Crippen LogP contribution in [0.1, 0.15) is 18.7 Å². The van der Waals surface area contributed by atoms with Crippen molar-refractivity contribution in [2.45, 2.75) is 31.7 Å². The number of aryl methyl sites for hydroxylation is 1. The molecule has 1 N–H and O–H groups in total. The van der Waals surface area contributed by atoms with Gasteiger partial charge in [-0.1, -0.05) is 0 Å². The maximum atomic E-state index is 12.3. The molecular formula is C11H17BrN2O3S2. The molecule has 8 heteroatoms. The van der Waals surface area contributed by atoms with Crippen LogP contribution in [0.3, 0.4) is 0 Å². The van der Waals surface area contributed by atoms with Gasteiger partial charge in [0.1, 0.15) is 0 Å². The SMILES string of the molecule is Cc1sc(Br)cc1S(=O)(=O)N(C)CC(=O)NC(C)C. The monoisotopic (exact) mass is 368 g/mol. The van der Waals surface area contributed by atoms with Gasteiger partial charge in [-0.3, -0.25) is 4.79 Å². The third kappa shape index (κ3) is 4.27. The molecule has 1 rings (SSSR count). The van der Waals surface area contributed by atoms with E-state index in [9.17, 15) is 13.2 Å². The molecule has 0 bridgehead atoms. The van der Waals surface area contributed by atoms with Gasteiger partial charge >= 0.3 is 0 Å². The summed E-state index contributed by atoms with van der Waals surface area (Å²) in [6, 6.07) is 1.55. The molecular weight excluding hydrogens is 352 g/mol. The van der Waals surface area contributed by atoms with E-state index in [0.29, 0.717) is 4.88 Å². The maximum Gasteiger partial charge on any atom is 0.244 e. The van der Waals surface area contributed by atoms with Crippen molar-refractivity contribution in [1.29, 1.82) is 0 Å². The average Bonchev–Trinajstić information content (AvgIpc) is 2.56. The van der Waals surface area contributed by atoms with Gasteiger partial charge in [0.2, 0.25) is 15.9 Å². The molecule has 0 saturated heterocycles. The molecule has 0 unspecified atom stereocenters. The van der Waals surface area contributed by atoms with E-state index in [-0.39, 0.29) is 23.4 Å². The smallest absolute Gasteiger partial charge is 0.244 e. The minimum atomic E-state index is -3.63. The number of likely N-dealkylation sites (N-methyl/N-ethyl adjacent to an activating group) is 1. The number of carbonyl (C=O) groups excluding carboxylic acids is 1. The van der Waals surface area contributed by atoms with Crippen LogP contribution < -0.4 is 5.32 Å². The highest BCUT2D eigenvalue weighted by Crippen LogP contribution is 2.31. The summed E-state index contributed by atoms with van der Waals surface area (Å²) in [6.45, 7) is 5.21. The molecule has 0 aliphatic heterocycles.